The van der Waals surface area contributed by atoms with Gasteiger partial charge in [0.1, 0.15) is 12.6 Å². The molecule has 0 saturated carbocycles. The number of alkyl carbamates (subject to hydrolysis) is 1. The lowest BCUT2D eigenvalue weighted by atomic mass is 10.2. The van der Waals surface area contributed by atoms with Crippen LogP contribution < -0.4 is 5.32 Å². The number of nitrogens with one attached hydrogen (secondary N) is 1. The molecular weight excluding hydrogens is 349 g/mol. The van der Waals surface area contributed by atoms with E-state index in [1.807, 2.05) is 37.3 Å². The summed E-state index contributed by atoms with van der Waals surface area (Å²) >= 11 is 0. The molecular formula is C16H25NO7P+. The molecule has 0 saturated heterocycles. The average molecular weight is 374 g/mol. The van der Waals surface area contributed by atoms with Gasteiger partial charge in [0.2, 0.25) is 0 Å². The third-order valence-corrected chi connectivity index (χ3v) is 3.46. The fraction of sp³-hybridized carbons (Fsp3) is 0.500. The Labute approximate surface area is 148 Å². The van der Waals surface area contributed by atoms with E-state index < -0.39 is 26.4 Å². The molecule has 1 aromatic carbocycles. The highest BCUT2D eigenvalue weighted by molar-refractivity contribution is 7.33. The largest absolute Gasteiger partial charge is 0.696 e. The van der Waals surface area contributed by atoms with Crippen LogP contribution in [0.15, 0.2) is 30.3 Å². The van der Waals surface area contributed by atoms with Crippen molar-refractivity contribution in [3.8, 4) is 0 Å². The van der Waals surface area contributed by atoms with Crippen LogP contribution in [0.1, 0.15) is 25.3 Å². The van der Waals surface area contributed by atoms with E-state index in [1.165, 1.54) is 21.3 Å². The van der Waals surface area contributed by atoms with Crippen LogP contribution in [-0.2, 0) is 34.5 Å². The Morgan fingerprint density at radius 3 is 2.16 bits per heavy atom. The van der Waals surface area contributed by atoms with Crippen molar-refractivity contribution in [2.75, 3.05) is 21.3 Å². The number of carbonyl (C=O) groups excluding carboxylic acids is 2. The van der Waals surface area contributed by atoms with Gasteiger partial charge in [-0.2, -0.15) is 0 Å². The predicted molar refractivity (Wildman–Crippen MR) is 92.1 cm³/mol. The van der Waals surface area contributed by atoms with E-state index in [1.54, 1.807) is 0 Å². The Bertz CT molecular complexity index is 518. The lowest BCUT2D eigenvalue weighted by Gasteiger charge is -2.15. The quantitative estimate of drug-likeness (QED) is 0.551. The first-order valence-electron chi connectivity index (χ1n) is 7.58. The zero-order chi connectivity index (χ0) is 19.1. The Kier molecular flexibility index (Phi) is 13.2. The van der Waals surface area contributed by atoms with Crippen LogP contribution in [0.4, 0.5) is 4.79 Å². The van der Waals surface area contributed by atoms with Gasteiger partial charge in [-0.1, -0.05) is 43.7 Å². The standard InChI is InChI=1S/C14H19NO4.C2H6O3P/c1-3-7-12(13(16)18-2)15-14(17)19-10-11-8-5-4-6-9-11;1-4-6(3)5-2/h4-6,8-9,12H,3,7,10H2,1-2H3,(H,15,17);1-2H3/q;+1. The molecule has 25 heavy (non-hydrogen) atoms. The molecule has 0 bridgehead atoms. The molecule has 1 rings (SSSR count). The van der Waals surface area contributed by atoms with Gasteiger partial charge in [0, 0.05) is 4.57 Å². The minimum absolute atomic E-state index is 0.173. The number of rotatable bonds is 8. The molecule has 1 N–H and O–H groups in total. The molecule has 1 atom stereocenters. The molecule has 0 radical (unpaired) electrons. The zero-order valence-corrected chi connectivity index (χ0v) is 15.8. The maximum atomic E-state index is 11.6. The molecule has 1 amide bonds. The summed E-state index contributed by atoms with van der Waals surface area (Å²) in [5.74, 6) is -0.460. The predicted octanol–water partition coefficient (Wildman–Crippen LogP) is 3.19. The van der Waals surface area contributed by atoms with Gasteiger partial charge < -0.3 is 14.8 Å². The van der Waals surface area contributed by atoms with Crippen molar-refractivity contribution in [3.05, 3.63) is 35.9 Å². The van der Waals surface area contributed by atoms with Crippen LogP contribution in [0.3, 0.4) is 0 Å². The van der Waals surface area contributed by atoms with E-state index in [0.717, 1.165) is 12.0 Å². The number of hydrogen-bond donors (Lipinski definition) is 1. The number of amides is 1. The number of methoxy groups -OCH3 is 1. The zero-order valence-electron chi connectivity index (χ0n) is 14.9. The molecule has 0 aliphatic heterocycles. The van der Waals surface area contributed by atoms with Gasteiger partial charge in [-0.3, -0.25) is 0 Å². The summed E-state index contributed by atoms with van der Waals surface area (Å²) in [4.78, 5) is 23.0. The summed E-state index contributed by atoms with van der Waals surface area (Å²) in [6, 6.07) is 8.68. The lowest BCUT2D eigenvalue weighted by Crippen LogP contribution is -2.41. The monoisotopic (exact) mass is 374 g/mol. The van der Waals surface area contributed by atoms with Crippen molar-refractivity contribution in [1.82, 2.24) is 5.32 Å². The fourth-order valence-corrected chi connectivity index (χ4v) is 1.81. The van der Waals surface area contributed by atoms with Crippen molar-refractivity contribution in [3.63, 3.8) is 0 Å². The van der Waals surface area contributed by atoms with Gasteiger partial charge in [0.15, 0.2) is 0 Å². The van der Waals surface area contributed by atoms with Crippen molar-refractivity contribution in [2.24, 2.45) is 0 Å². The smallest absolute Gasteiger partial charge is 0.467 e. The normalized spacial score (nSPS) is 10.7. The SMILES string of the molecule is CCCC(NC(=O)OCc1ccccc1)C(=O)OC.CO[P+](=O)OC. The van der Waals surface area contributed by atoms with Crippen LogP contribution in [0.2, 0.25) is 0 Å². The second-order valence-electron chi connectivity index (χ2n) is 4.66. The topological polar surface area (TPSA) is 100 Å². The van der Waals surface area contributed by atoms with Gasteiger partial charge in [-0.15, -0.1) is 9.05 Å². The minimum atomic E-state index is -1.83. The van der Waals surface area contributed by atoms with E-state index in [4.69, 9.17) is 4.74 Å². The van der Waals surface area contributed by atoms with Crippen molar-refractivity contribution in [2.45, 2.75) is 32.4 Å². The summed E-state index contributed by atoms with van der Waals surface area (Å²) < 4.78 is 27.9. The molecule has 0 aliphatic rings. The Hall–Kier alpha value is -2.02. The van der Waals surface area contributed by atoms with Crippen LogP contribution in [0.25, 0.3) is 0 Å². The van der Waals surface area contributed by atoms with Crippen LogP contribution in [0.5, 0.6) is 0 Å². The Morgan fingerprint density at radius 2 is 1.72 bits per heavy atom. The van der Waals surface area contributed by atoms with Gasteiger partial charge in [0.25, 0.3) is 0 Å². The lowest BCUT2D eigenvalue weighted by molar-refractivity contribution is -0.143. The summed E-state index contributed by atoms with van der Waals surface area (Å²) in [5, 5.41) is 2.50. The number of esters is 1. The summed E-state index contributed by atoms with van der Waals surface area (Å²) in [7, 11) is 2.11. The summed E-state index contributed by atoms with van der Waals surface area (Å²) in [5.41, 5.74) is 0.891. The average Bonchev–Trinajstić information content (AvgIpc) is 2.66. The first kappa shape index (κ1) is 23.0. The fourth-order valence-electron chi connectivity index (χ4n) is 1.66. The first-order chi connectivity index (χ1) is 12.0. The maximum Gasteiger partial charge on any atom is 0.696 e. The van der Waals surface area contributed by atoms with Crippen molar-refractivity contribution >= 4 is 20.3 Å². The molecule has 8 nitrogen and oxygen atoms in total. The molecule has 0 aromatic heterocycles. The molecule has 1 aromatic rings. The second-order valence-corrected chi connectivity index (χ2v) is 5.84. The van der Waals surface area contributed by atoms with Gasteiger partial charge in [-0.25, -0.2) is 9.59 Å². The second kappa shape index (κ2) is 14.3. The van der Waals surface area contributed by atoms with Gasteiger partial charge in [0.05, 0.1) is 21.3 Å². The molecule has 9 heteroatoms. The number of ether oxygens (including phenoxy) is 2. The first-order valence-corrected chi connectivity index (χ1v) is 8.68. The number of carbonyl (C=O) groups is 2. The minimum Gasteiger partial charge on any atom is -0.467 e. The summed E-state index contributed by atoms with van der Waals surface area (Å²) in [6.45, 7) is 2.10. The van der Waals surface area contributed by atoms with Crippen molar-refractivity contribution < 1.29 is 32.7 Å². The van der Waals surface area contributed by atoms with E-state index in [0.29, 0.717) is 6.42 Å². The third-order valence-electron chi connectivity index (χ3n) is 2.87. The summed E-state index contributed by atoms with van der Waals surface area (Å²) in [6.07, 6.45) is 0.666. The van der Waals surface area contributed by atoms with Gasteiger partial charge in [-0.05, 0) is 12.0 Å². The van der Waals surface area contributed by atoms with Crippen molar-refractivity contribution in [1.29, 1.82) is 0 Å². The van der Waals surface area contributed by atoms with Crippen LogP contribution in [0, 0.1) is 0 Å². The molecule has 0 heterocycles. The molecule has 0 aliphatic carbocycles. The van der Waals surface area contributed by atoms with E-state index >= 15 is 0 Å². The number of benzene rings is 1. The highest BCUT2D eigenvalue weighted by Gasteiger charge is 2.20. The van der Waals surface area contributed by atoms with E-state index in [9.17, 15) is 14.2 Å². The molecule has 0 fully saturated rings. The third kappa shape index (κ3) is 11.2. The number of hydrogen-bond acceptors (Lipinski definition) is 7. The molecule has 140 valence electrons. The molecule has 0 spiro atoms. The molecule has 1 unspecified atom stereocenters. The Balaban J connectivity index is 0.000000823. The van der Waals surface area contributed by atoms with E-state index in [-0.39, 0.29) is 6.61 Å². The van der Waals surface area contributed by atoms with Gasteiger partial charge >= 0.3 is 20.3 Å². The Morgan fingerprint density at radius 1 is 1.12 bits per heavy atom. The highest BCUT2D eigenvalue weighted by Crippen LogP contribution is 2.18. The van der Waals surface area contributed by atoms with E-state index in [2.05, 4.69) is 19.1 Å². The van der Waals surface area contributed by atoms with Crippen LogP contribution in [-0.4, -0.2) is 39.4 Å². The maximum absolute atomic E-state index is 11.6. The highest BCUT2D eigenvalue weighted by atomic mass is 31.1. The van der Waals surface area contributed by atoms with Crippen LogP contribution >= 0.6 is 8.25 Å².